The van der Waals surface area contributed by atoms with Crippen molar-refractivity contribution in [3.05, 3.63) is 11.1 Å². The van der Waals surface area contributed by atoms with Crippen LogP contribution in [0.3, 0.4) is 0 Å². The number of hydrogen-bond donors (Lipinski definition) is 1. The molecule has 0 aliphatic rings. The molecule has 0 bridgehead atoms. The zero-order chi connectivity index (χ0) is 7.44. The van der Waals surface area contributed by atoms with Gasteiger partial charge in [-0.3, -0.25) is 4.79 Å². The molecule has 0 fully saturated rings. The first kappa shape index (κ1) is 8.76. The summed E-state index contributed by atoms with van der Waals surface area (Å²) in [6, 6.07) is 0. The van der Waals surface area contributed by atoms with Gasteiger partial charge in [0, 0.05) is 6.42 Å². The van der Waals surface area contributed by atoms with Crippen LogP contribution in [-0.4, -0.2) is 5.12 Å². The molecule has 0 aliphatic heterocycles. The summed E-state index contributed by atoms with van der Waals surface area (Å²) >= 11 is 3.66. The lowest BCUT2D eigenvalue weighted by atomic mass is 10.1. The number of carbonyl (C=O) groups is 1. The average molecular weight is 144 g/mol. The third kappa shape index (κ3) is 4.28. The van der Waals surface area contributed by atoms with Crippen molar-refractivity contribution in [1.82, 2.24) is 0 Å². The van der Waals surface area contributed by atoms with Crippen LogP contribution in [0, 0.1) is 0 Å². The van der Waals surface area contributed by atoms with Gasteiger partial charge in [0.2, 0.25) is 0 Å². The van der Waals surface area contributed by atoms with Gasteiger partial charge < -0.3 is 0 Å². The van der Waals surface area contributed by atoms with Crippen LogP contribution in [0.15, 0.2) is 11.1 Å². The Labute approximate surface area is 61.6 Å². The Kier molecular flexibility index (Phi) is 3.62. The fourth-order valence-electron chi connectivity index (χ4n) is 0.404. The average Bonchev–Trinajstić information content (AvgIpc) is 1.63. The number of hydrogen-bond acceptors (Lipinski definition) is 1. The van der Waals surface area contributed by atoms with Crippen LogP contribution in [0.25, 0.3) is 0 Å². The predicted octanol–water partition coefficient (Wildman–Crippen LogP) is 2.19. The Morgan fingerprint density at radius 1 is 1.33 bits per heavy atom. The van der Waals surface area contributed by atoms with Gasteiger partial charge in [-0.2, -0.15) is 0 Å². The Balaban J connectivity index is 3.92. The minimum absolute atomic E-state index is 0.0614. The topological polar surface area (TPSA) is 17.1 Å². The van der Waals surface area contributed by atoms with Gasteiger partial charge in [0.05, 0.1) is 0 Å². The van der Waals surface area contributed by atoms with Gasteiger partial charge in [0.1, 0.15) is 0 Å². The lowest BCUT2D eigenvalue weighted by Gasteiger charge is -1.97. The second-order valence-electron chi connectivity index (χ2n) is 2.35. The van der Waals surface area contributed by atoms with Crippen molar-refractivity contribution < 1.29 is 4.79 Å². The fraction of sp³-hybridized carbons (Fsp3) is 0.571. The van der Waals surface area contributed by atoms with Crippen molar-refractivity contribution in [1.29, 1.82) is 0 Å². The zero-order valence-electron chi connectivity index (χ0n) is 6.06. The van der Waals surface area contributed by atoms with Gasteiger partial charge in [-0.15, -0.1) is 12.6 Å². The molecule has 0 rings (SSSR count). The van der Waals surface area contributed by atoms with Crippen LogP contribution in [0.4, 0.5) is 0 Å². The van der Waals surface area contributed by atoms with E-state index in [0.717, 1.165) is 5.57 Å². The van der Waals surface area contributed by atoms with Crippen LogP contribution in [0.1, 0.15) is 27.2 Å². The SMILES string of the molecule is CC(C)=C(C)CC(=O)S. The zero-order valence-corrected chi connectivity index (χ0v) is 6.96. The van der Waals surface area contributed by atoms with Gasteiger partial charge in [0.25, 0.3) is 0 Å². The molecule has 0 N–H and O–H groups in total. The summed E-state index contributed by atoms with van der Waals surface area (Å²) in [5.41, 5.74) is 2.33. The highest BCUT2D eigenvalue weighted by atomic mass is 32.1. The molecule has 0 aromatic rings. The first-order valence-corrected chi connectivity index (χ1v) is 3.33. The van der Waals surface area contributed by atoms with E-state index in [1.165, 1.54) is 5.57 Å². The second kappa shape index (κ2) is 3.72. The van der Waals surface area contributed by atoms with Crippen molar-refractivity contribution in [2.75, 3.05) is 0 Å². The van der Waals surface area contributed by atoms with E-state index in [9.17, 15) is 4.79 Å². The van der Waals surface area contributed by atoms with Crippen LogP contribution < -0.4 is 0 Å². The van der Waals surface area contributed by atoms with E-state index >= 15 is 0 Å². The van der Waals surface area contributed by atoms with E-state index in [0.29, 0.717) is 6.42 Å². The van der Waals surface area contributed by atoms with E-state index in [-0.39, 0.29) is 5.12 Å². The molecule has 0 radical (unpaired) electrons. The highest BCUT2D eigenvalue weighted by molar-refractivity contribution is 7.96. The van der Waals surface area contributed by atoms with Crippen molar-refractivity contribution in [3.8, 4) is 0 Å². The van der Waals surface area contributed by atoms with E-state index in [2.05, 4.69) is 12.6 Å². The highest BCUT2D eigenvalue weighted by Gasteiger charge is 1.96. The van der Waals surface area contributed by atoms with E-state index in [1.807, 2.05) is 20.8 Å². The lowest BCUT2D eigenvalue weighted by Crippen LogP contribution is -1.88. The lowest BCUT2D eigenvalue weighted by molar-refractivity contribution is -0.110. The third-order valence-electron chi connectivity index (χ3n) is 1.27. The minimum atomic E-state index is -0.0614. The van der Waals surface area contributed by atoms with Crippen molar-refractivity contribution >= 4 is 17.7 Å². The summed E-state index contributed by atoms with van der Waals surface area (Å²) < 4.78 is 0. The largest absolute Gasteiger partial charge is 0.287 e. The first-order chi connectivity index (χ1) is 4.04. The van der Waals surface area contributed by atoms with E-state index in [1.54, 1.807) is 0 Å². The molecule has 52 valence electrons. The first-order valence-electron chi connectivity index (χ1n) is 2.88. The molecule has 0 unspecified atom stereocenters. The smallest absolute Gasteiger partial charge is 0.189 e. The maximum atomic E-state index is 10.4. The number of carbonyl (C=O) groups excluding carboxylic acids is 1. The molecular weight excluding hydrogens is 132 g/mol. The third-order valence-corrected chi connectivity index (χ3v) is 1.43. The fourth-order valence-corrected chi connectivity index (χ4v) is 0.641. The summed E-state index contributed by atoms with van der Waals surface area (Å²) in [6.45, 7) is 5.93. The highest BCUT2D eigenvalue weighted by Crippen LogP contribution is 2.07. The van der Waals surface area contributed by atoms with Crippen molar-refractivity contribution in [2.45, 2.75) is 27.2 Å². The predicted molar refractivity (Wildman–Crippen MR) is 42.7 cm³/mol. The molecule has 0 spiro atoms. The van der Waals surface area contributed by atoms with E-state index < -0.39 is 0 Å². The monoisotopic (exact) mass is 144 g/mol. The summed E-state index contributed by atoms with van der Waals surface area (Å²) in [6.07, 6.45) is 0.478. The molecule has 0 aromatic heterocycles. The Morgan fingerprint density at radius 3 is 1.89 bits per heavy atom. The number of allylic oxidation sites excluding steroid dienone is 2. The summed E-state index contributed by atoms with van der Waals surface area (Å²) in [4.78, 5) is 10.4. The number of rotatable bonds is 2. The maximum absolute atomic E-state index is 10.4. The standard InChI is InChI=1S/C7H12OS/c1-5(2)6(3)4-7(8)9/h4H2,1-3H3,(H,8,9). The van der Waals surface area contributed by atoms with Crippen LogP contribution in [-0.2, 0) is 4.79 Å². The van der Waals surface area contributed by atoms with Crippen LogP contribution in [0.2, 0.25) is 0 Å². The molecule has 0 amide bonds. The molecule has 0 atom stereocenters. The summed E-state index contributed by atoms with van der Waals surface area (Å²) in [5.74, 6) is 0. The molecule has 0 saturated carbocycles. The van der Waals surface area contributed by atoms with Crippen LogP contribution in [0.5, 0.6) is 0 Å². The Morgan fingerprint density at radius 2 is 1.78 bits per heavy atom. The molecule has 2 heteroatoms. The quantitative estimate of drug-likeness (QED) is 0.464. The second-order valence-corrected chi connectivity index (χ2v) is 2.85. The molecule has 0 aromatic carbocycles. The summed E-state index contributed by atoms with van der Waals surface area (Å²) in [7, 11) is 0. The van der Waals surface area contributed by atoms with Crippen molar-refractivity contribution in [3.63, 3.8) is 0 Å². The molecule has 1 nitrogen and oxygen atoms in total. The maximum Gasteiger partial charge on any atom is 0.189 e. The molecule has 9 heavy (non-hydrogen) atoms. The van der Waals surface area contributed by atoms with Gasteiger partial charge in [0.15, 0.2) is 5.12 Å². The normalized spacial score (nSPS) is 8.89. The van der Waals surface area contributed by atoms with Gasteiger partial charge in [-0.1, -0.05) is 11.1 Å². The van der Waals surface area contributed by atoms with Gasteiger partial charge >= 0.3 is 0 Å². The van der Waals surface area contributed by atoms with Crippen molar-refractivity contribution in [2.24, 2.45) is 0 Å². The Hall–Kier alpha value is -0.240. The molecular formula is C7H12OS. The molecule has 0 saturated heterocycles. The molecule has 0 aliphatic carbocycles. The van der Waals surface area contributed by atoms with E-state index in [4.69, 9.17) is 0 Å². The van der Waals surface area contributed by atoms with Crippen LogP contribution >= 0.6 is 12.6 Å². The van der Waals surface area contributed by atoms with Gasteiger partial charge in [-0.05, 0) is 20.8 Å². The minimum Gasteiger partial charge on any atom is -0.287 e. The number of thiol groups is 1. The van der Waals surface area contributed by atoms with Gasteiger partial charge in [-0.25, -0.2) is 0 Å². The Bertz CT molecular complexity index is 143. The molecule has 0 heterocycles. The summed E-state index contributed by atoms with van der Waals surface area (Å²) in [5, 5.41) is -0.0614.